The van der Waals surface area contributed by atoms with Crippen LogP contribution in [0, 0.1) is 6.92 Å². The number of anilines is 1. The second-order valence-corrected chi connectivity index (χ2v) is 10.8. The van der Waals surface area contributed by atoms with Crippen molar-refractivity contribution in [3.63, 3.8) is 0 Å². The highest BCUT2D eigenvalue weighted by molar-refractivity contribution is 7.86. The molecule has 2 aromatic heterocycles. The maximum absolute atomic E-state index is 12.6. The first kappa shape index (κ1) is 22.1. The summed E-state index contributed by atoms with van der Waals surface area (Å²) < 4.78 is 28.1. The minimum atomic E-state index is -3.42. The van der Waals surface area contributed by atoms with E-state index in [1.165, 1.54) is 9.87 Å². The minimum Gasteiger partial charge on any atom is -0.356 e. The highest BCUT2D eigenvalue weighted by Gasteiger charge is 2.33. The van der Waals surface area contributed by atoms with Gasteiger partial charge in [0, 0.05) is 75.8 Å². The molecule has 1 atom stereocenters. The number of hydrogen-bond acceptors (Lipinski definition) is 6. The SMILES string of the molecule is Cc1nc(C2CCCN(S(=O)(=O)N(C)C)C2)nc2c1CCCN2CCc1ccccn1. The van der Waals surface area contributed by atoms with Crippen LogP contribution in [0.4, 0.5) is 5.82 Å². The quantitative estimate of drug-likeness (QED) is 0.679. The van der Waals surface area contributed by atoms with Crippen molar-refractivity contribution in [1.82, 2.24) is 23.6 Å². The number of pyridine rings is 1. The predicted molar refractivity (Wildman–Crippen MR) is 121 cm³/mol. The standard InChI is InChI=1S/C22H32N6O2S/c1-17-20-10-7-13-27(15-11-19-9-4-5-12-23-19)22(20)25-21(24-17)18-8-6-14-28(16-18)31(29,30)26(2)3/h4-5,9,12,18H,6-8,10-11,13-16H2,1-3H3. The Labute approximate surface area is 185 Å². The molecule has 9 heteroatoms. The van der Waals surface area contributed by atoms with Gasteiger partial charge in [0.15, 0.2) is 0 Å². The Kier molecular flexibility index (Phi) is 6.55. The minimum absolute atomic E-state index is 0.0204. The summed E-state index contributed by atoms with van der Waals surface area (Å²) in [4.78, 5) is 16.6. The molecule has 0 aliphatic carbocycles. The second kappa shape index (κ2) is 9.18. The van der Waals surface area contributed by atoms with Gasteiger partial charge in [-0.1, -0.05) is 6.07 Å². The molecule has 0 bridgehead atoms. The molecule has 0 aromatic carbocycles. The number of piperidine rings is 1. The summed E-state index contributed by atoms with van der Waals surface area (Å²) in [5, 5.41) is 0. The van der Waals surface area contributed by atoms with Crippen LogP contribution in [-0.4, -0.2) is 72.3 Å². The van der Waals surface area contributed by atoms with Gasteiger partial charge in [0.1, 0.15) is 11.6 Å². The van der Waals surface area contributed by atoms with Crippen LogP contribution < -0.4 is 4.90 Å². The fourth-order valence-corrected chi connectivity index (χ4v) is 5.69. The zero-order valence-corrected chi connectivity index (χ0v) is 19.5. The molecule has 31 heavy (non-hydrogen) atoms. The first-order valence-corrected chi connectivity index (χ1v) is 12.5. The van der Waals surface area contributed by atoms with Crippen LogP contribution in [0.1, 0.15) is 48.0 Å². The van der Waals surface area contributed by atoms with Crippen LogP contribution in [0.3, 0.4) is 0 Å². The van der Waals surface area contributed by atoms with E-state index >= 15 is 0 Å². The second-order valence-electron chi connectivity index (χ2n) is 8.62. The van der Waals surface area contributed by atoms with Crippen LogP contribution in [0.5, 0.6) is 0 Å². The summed E-state index contributed by atoms with van der Waals surface area (Å²) in [6.07, 6.45) is 6.52. The Morgan fingerprint density at radius 2 is 2.00 bits per heavy atom. The molecule has 4 heterocycles. The maximum atomic E-state index is 12.6. The van der Waals surface area contributed by atoms with Crippen molar-refractivity contribution in [3.8, 4) is 0 Å². The molecule has 0 spiro atoms. The van der Waals surface area contributed by atoms with E-state index in [1.807, 2.05) is 18.3 Å². The normalized spacial score (nSPS) is 20.1. The topological polar surface area (TPSA) is 82.5 Å². The van der Waals surface area contributed by atoms with Crippen LogP contribution in [0.25, 0.3) is 0 Å². The molecule has 2 aliphatic rings. The fourth-order valence-electron chi connectivity index (χ4n) is 4.50. The Hall–Kier alpha value is -2.10. The zero-order valence-electron chi connectivity index (χ0n) is 18.7. The lowest BCUT2D eigenvalue weighted by molar-refractivity contribution is 0.293. The molecule has 2 aliphatic heterocycles. The van der Waals surface area contributed by atoms with Crippen LogP contribution >= 0.6 is 0 Å². The van der Waals surface area contributed by atoms with Crippen molar-refractivity contribution >= 4 is 16.0 Å². The van der Waals surface area contributed by atoms with Crippen molar-refractivity contribution in [3.05, 3.63) is 47.2 Å². The van der Waals surface area contributed by atoms with E-state index < -0.39 is 10.2 Å². The van der Waals surface area contributed by atoms with E-state index in [-0.39, 0.29) is 5.92 Å². The number of hydrogen-bond donors (Lipinski definition) is 0. The summed E-state index contributed by atoms with van der Waals surface area (Å²) in [6.45, 7) is 4.89. The first-order valence-electron chi connectivity index (χ1n) is 11.1. The van der Waals surface area contributed by atoms with Crippen molar-refractivity contribution in [2.24, 2.45) is 0 Å². The van der Waals surface area contributed by atoms with Crippen molar-refractivity contribution in [1.29, 1.82) is 0 Å². The van der Waals surface area contributed by atoms with Crippen LogP contribution in [-0.2, 0) is 23.1 Å². The molecule has 0 N–H and O–H groups in total. The van der Waals surface area contributed by atoms with Gasteiger partial charge < -0.3 is 4.90 Å². The summed E-state index contributed by atoms with van der Waals surface area (Å²) in [5.74, 6) is 1.82. The average Bonchev–Trinajstić information content (AvgIpc) is 2.78. The van der Waals surface area contributed by atoms with Crippen LogP contribution in [0.2, 0.25) is 0 Å². The number of aromatic nitrogens is 3. The average molecular weight is 445 g/mol. The first-order chi connectivity index (χ1) is 14.9. The maximum Gasteiger partial charge on any atom is 0.281 e. The molecule has 1 unspecified atom stereocenters. The molecule has 4 rings (SSSR count). The van der Waals surface area contributed by atoms with Gasteiger partial charge in [-0.05, 0) is 44.7 Å². The van der Waals surface area contributed by atoms with Gasteiger partial charge in [-0.25, -0.2) is 9.97 Å². The van der Waals surface area contributed by atoms with Gasteiger partial charge in [0.25, 0.3) is 10.2 Å². The van der Waals surface area contributed by atoms with E-state index in [4.69, 9.17) is 9.97 Å². The van der Waals surface area contributed by atoms with Gasteiger partial charge in [-0.3, -0.25) is 4.98 Å². The van der Waals surface area contributed by atoms with Gasteiger partial charge in [0.2, 0.25) is 0 Å². The molecular formula is C22H32N6O2S. The van der Waals surface area contributed by atoms with E-state index in [2.05, 4.69) is 22.9 Å². The predicted octanol–water partition coefficient (Wildman–Crippen LogP) is 2.16. The largest absolute Gasteiger partial charge is 0.356 e. The molecule has 8 nitrogen and oxygen atoms in total. The Bertz CT molecular complexity index is 1010. The van der Waals surface area contributed by atoms with Gasteiger partial charge in [-0.2, -0.15) is 17.0 Å². The highest BCUT2D eigenvalue weighted by Crippen LogP contribution is 2.32. The molecule has 1 saturated heterocycles. The molecule has 1 fully saturated rings. The molecule has 0 radical (unpaired) electrons. The molecule has 0 amide bonds. The number of fused-ring (bicyclic) bond motifs is 1. The smallest absolute Gasteiger partial charge is 0.281 e. The summed E-state index contributed by atoms with van der Waals surface area (Å²) in [7, 11) is -0.262. The van der Waals surface area contributed by atoms with Crippen LogP contribution in [0.15, 0.2) is 24.4 Å². The monoisotopic (exact) mass is 444 g/mol. The van der Waals surface area contributed by atoms with Crippen molar-refractivity contribution < 1.29 is 8.42 Å². The lowest BCUT2D eigenvalue weighted by Crippen LogP contribution is -2.45. The molecule has 0 saturated carbocycles. The molecule has 2 aromatic rings. The van der Waals surface area contributed by atoms with Gasteiger partial charge in [0.05, 0.1) is 0 Å². The summed E-state index contributed by atoms with van der Waals surface area (Å²) in [5.41, 5.74) is 3.33. The third-order valence-electron chi connectivity index (χ3n) is 6.26. The highest BCUT2D eigenvalue weighted by atomic mass is 32.2. The summed E-state index contributed by atoms with van der Waals surface area (Å²) in [6, 6.07) is 6.02. The lowest BCUT2D eigenvalue weighted by atomic mass is 9.97. The Morgan fingerprint density at radius 1 is 1.16 bits per heavy atom. The number of rotatable bonds is 6. The zero-order chi connectivity index (χ0) is 22.0. The van der Waals surface area contributed by atoms with Crippen molar-refractivity contribution in [2.45, 2.75) is 44.9 Å². The molecular weight excluding hydrogens is 412 g/mol. The third kappa shape index (κ3) is 4.73. The third-order valence-corrected chi connectivity index (χ3v) is 8.17. The Balaban J connectivity index is 1.57. The van der Waals surface area contributed by atoms with Crippen molar-refractivity contribution in [2.75, 3.05) is 45.2 Å². The van der Waals surface area contributed by atoms with E-state index in [0.717, 1.165) is 68.2 Å². The van der Waals surface area contributed by atoms with Gasteiger partial charge in [-0.15, -0.1) is 0 Å². The van der Waals surface area contributed by atoms with E-state index in [1.54, 1.807) is 18.4 Å². The van der Waals surface area contributed by atoms with Gasteiger partial charge >= 0.3 is 0 Å². The van der Waals surface area contributed by atoms with E-state index in [0.29, 0.717) is 13.1 Å². The summed E-state index contributed by atoms with van der Waals surface area (Å²) >= 11 is 0. The fraction of sp³-hybridized carbons (Fsp3) is 0.591. The molecule has 168 valence electrons. The lowest BCUT2D eigenvalue weighted by Gasteiger charge is -2.35. The van der Waals surface area contributed by atoms with E-state index in [9.17, 15) is 8.42 Å². The number of nitrogens with zero attached hydrogens (tertiary/aromatic N) is 6. The Morgan fingerprint density at radius 3 is 2.74 bits per heavy atom. The number of aryl methyl sites for hydroxylation is 1.